The molecule has 4 heteroatoms. The van der Waals surface area contributed by atoms with E-state index in [0.29, 0.717) is 5.92 Å². The molecular formula is C18H28N2O2. The smallest absolute Gasteiger partial charge is 0.222 e. The molecule has 2 rings (SSSR count). The normalized spacial score (nSPS) is 23.7. The van der Waals surface area contributed by atoms with Crippen molar-refractivity contribution in [2.45, 2.75) is 45.9 Å². The second kappa shape index (κ2) is 7.75. The minimum Gasteiger partial charge on any atom is -0.392 e. The molecule has 0 aliphatic carbocycles. The summed E-state index contributed by atoms with van der Waals surface area (Å²) in [6.45, 7) is 8.82. The molecule has 1 fully saturated rings. The highest BCUT2D eigenvalue weighted by Crippen LogP contribution is 2.19. The largest absolute Gasteiger partial charge is 0.392 e. The fraction of sp³-hybridized carbons (Fsp3) is 0.611. The maximum absolute atomic E-state index is 12.0. The van der Waals surface area contributed by atoms with Crippen molar-refractivity contribution in [2.24, 2.45) is 11.8 Å². The first-order chi connectivity index (χ1) is 10.5. The molecule has 3 atom stereocenters. The van der Waals surface area contributed by atoms with Crippen molar-refractivity contribution in [3.63, 3.8) is 0 Å². The summed E-state index contributed by atoms with van der Waals surface area (Å²) in [7, 11) is 0. The molecular weight excluding hydrogens is 276 g/mol. The molecule has 1 amide bonds. The van der Waals surface area contributed by atoms with Gasteiger partial charge in [-0.15, -0.1) is 0 Å². The third-order valence-electron chi connectivity index (χ3n) is 4.45. The number of rotatable bonds is 6. The summed E-state index contributed by atoms with van der Waals surface area (Å²) in [6, 6.07) is 10.6. The number of carbonyl (C=O) groups is 1. The van der Waals surface area contributed by atoms with Crippen molar-refractivity contribution in [2.75, 3.05) is 13.1 Å². The molecule has 0 saturated carbocycles. The maximum Gasteiger partial charge on any atom is 0.222 e. The van der Waals surface area contributed by atoms with Gasteiger partial charge in [0.1, 0.15) is 0 Å². The molecule has 0 unspecified atom stereocenters. The predicted octanol–water partition coefficient (Wildman–Crippen LogP) is 2.03. The Morgan fingerprint density at radius 3 is 2.64 bits per heavy atom. The van der Waals surface area contributed by atoms with Gasteiger partial charge in [0, 0.05) is 25.7 Å². The molecule has 0 bridgehead atoms. The summed E-state index contributed by atoms with van der Waals surface area (Å²) >= 11 is 0. The number of hydrogen-bond acceptors (Lipinski definition) is 3. The Bertz CT molecular complexity index is 475. The average Bonchev–Trinajstić information content (AvgIpc) is 2.79. The van der Waals surface area contributed by atoms with Crippen molar-refractivity contribution in [3.8, 4) is 0 Å². The van der Waals surface area contributed by atoms with Crippen LogP contribution in [0, 0.1) is 11.8 Å². The highest BCUT2D eigenvalue weighted by Gasteiger charge is 2.31. The molecule has 22 heavy (non-hydrogen) atoms. The SMILES string of the molecule is CC(C)[C@H](O)CC(=O)N[C@@H]1CN(Cc2ccccc2)C[C@@H]1C. The van der Waals surface area contributed by atoms with Crippen LogP contribution in [-0.4, -0.2) is 41.1 Å². The summed E-state index contributed by atoms with van der Waals surface area (Å²) in [5.74, 6) is 0.504. The highest BCUT2D eigenvalue weighted by molar-refractivity contribution is 5.76. The molecule has 1 saturated heterocycles. The van der Waals surface area contributed by atoms with Crippen LogP contribution in [0.15, 0.2) is 30.3 Å². The van der Waals surface area contributed by atoms with Crippen molar-refractivity contribution >= 4 is 5.91 Å². The number of benzene rings is 1. The van der Waals surface area contributed by atoms with E-state index in [1.54, 1.807) is 0 Å². The lowest BCUT2D eigenvalue weighted by Crippen LogP contribution is -2.41. The van der Waals surface area contributed by atoms with Gasteiger partial charge < -0.3 is 10.4 Å². The molecule has 1 aliphatic heterocycles. The summed E-state index contributed by atoms with van der Waals surface area (Å²) in [4.78, 5) is 14.4. The van der Waals surface area contributed by atoms with E-state index < -0.39 is 6.10 Å². The second-order valence-corrected chi connectivity index (χ2v) is 6.85. The average molecular weight is 304 g/mol. The minimum atomic E-state index is -0.558. The van der Waals surface area contributed by atoms with Gasteiger partial charge in [0.25, 0.3) is 0 Å². The third kappa shape index (κ3) is 4.82. The van der Waals surface area contributed by atoms with Crippen molar-refractivity contribution in [1.82, 2.24) is 10.2 Å². The zero-order chi connectivity index (χ0) is 16.1. The van der Waals surface area contributed by atoms with Gasteiger partial charge in [-0.05, 0) is 17.4 Å². The van der Waals surface area contributed by atoms with Crippen LogP contribution in [0.4, 0.5) is 0 Å². The van der Waals surface area contributed by atoms with Crippen LogP contribution in [0.5, 0.6) is 0 Å². The van der Waals surface area contributed by atoms with Gasteiger partial charge >= 0.3 is 0 Å². The van der Waals surface area contributed by atoms with Crippen LogP contribution in [0.1, 0.15) is 32.8 Å². The first-order valence-corrected chi connectivity index (χ1v) is 8.19. The van der Waals surface area contributed by atoms with Gasteiger partial charge in [-0.25, -0.2) is 0 Å². The van der Waals surface area contributed by atoms with E-state index in [1.807, 2.05) is 19.9 Å². The minimum absolute atomic E-state index is 0.0420. The topological polar surface area (TPSA) is 52.6 Å². The monoisotopic (exact) mass is 304 g/mol. The van der Waals surface area contributed by atoms with Crippen LogP contribution in [0.2, 0.25) is 0 Å². The van der Waals surface area contributed by atoms with Crippen molar-refractivity contribution in [3.05, 3.63) is 35.9 Å². The summed E-state index contributed by atoms with van der Waals surface area (Å²) in [5, 5.41) is 12.9. The molecule has 0 radical (unpaired) electrons. The van der Waals surface area contributed by atoms with Gasteiger partial charge in [-0.3, -0.25) is 9.69 Å². The first-order valence-electron chi connectivity index (χ1n) is 8.19. The molecule has 1 aromatic rings. The molecule has 1 aliphatic rings. The number of hydrogen-bond donors (Lipinski definition) is 2. The van der Waals surface area contributed by atoms with E-state index in [4.69, 9.17) is 0 Å². The molecule has 1 heterocycles. The van der Waals surface area contributed by atoms with Crippen molar-refractivity contribution in [1.29, 1.82) is 0 Å². The van der Waals surface area contributed by atoms with Crippen LogP contribution in [0.3, 0.4) is 0 Å². The summed E-state index contributed by atoms with van der Waals surface area (Å²) < 4.78 is 0. The number of likely N-dealkylation sites (tertiary alicyclic amines) is 1. The fourth-order valence-corrected chi connectivity index (χ4v) is 2.92. The molecule has 0 aromatic heterocycles. The third-order valence-corrected chi connectivity index (χ3v) is 4.45. The molecule has 122 valence electrons. The van der Waals surface area contributed by atoms with Gasteiger partial charge in [0.15, 0.2) is 0 Å². The predicted molar refractivity (Wildman–Crippen MR) is 88.3 cm³/mol. The standard InChI is InChI=1S/C18H28N2O2/c1-13(2)17(21)9-18(22)19-16-12-20(10-14(16)3)11-15-7-5-4-6-8-15/h4-8,13-14,16-17,21H,9-12H2,1-3H3,(H,19,22)/t14-,16+,17+/m0/s1. The zero-order valence-corrected chi connectivity index (χ0v) is 13.8. The zero-order valence-electron chi connectivity index (χ0n) is 13.8. The van der Waals surface area contributed by atoms with E-state index in [0.717, 1.165) is 19.6 Å². The van der Waals surface area contributed by atoms with E-state index in [2.05, 4.69) is 41.4 Å². The van der Waals surface area contributed by atoms with Gasteiger partial charge in [-0.2, -0.15) is 0 Å². The van der Waals surface area contributed by atoms with E-state index in [9.17, 15) is 9.90 Å². The Kier molecular flexibility index (Phi) is 5.98. The number of nitrogens with zero attached hydrogens (tertiary/aromatic N) is 1. The van der Waals surface area contributed by atoms with E-state index >= 15 is 0 Å². The van der Waals surface area contributed by atoms with E-state index in [1.165, 1.54) is 5.56 Å². The molecule has 4 nitrogen and oxygen atoms in total. The number of aliphatic hydroxyl groups is 1. The number of carbonyl (C=O) groups excluding carboxylic acids is 1. The fourth-order valence-electron chi connectivity index (χ4n) is 2.92. The molecule has 2 N–H and O–H groups in total. The highest BCUT2D eigenvalue weighted by atomic mass is 16.3. The van der Waals surface area contributed by atoms with Gasteiger partial charge in [0.05, 0.1) is 12.5 Å². The number of aliphatic hydroxyl groups excluding tert-OH is 1. The van der Waals surface area contributed by atoms with Crippen LogP contribution < -0.4 is 5.32 Å². The van der Waals surface area contributed by atoms with Gasteiger partial charge in [0.2, 0.25) is 5.91 Å². The second-order valence-electron chi connectivity index (χ2n) is 6.85. The first kappa shape index (κ1) is 17.0. The lowest BCUT2D eigenvalue weighted by Gasteiger charge is -2.19. The summed E-state index contributed by atoms with van der Waals surface area (Å²) in [5.41, 5.74) is 1.30. The van der Waals surface area contributed by atoms with E-state index in [-0.39, 0.29) is 24.3 Å². The quantitative estimate of drug-likeness (QED) is 0.845. The Morgan fingerprint density at radius 2 is 2.00 bits per heavy atom. The Labute approximate surface area is 133 Å². The molecule has 1 aromatic carbocycles. The Hall–Kier alpha value is -1.39. The summed E-state index contributed by atoms with van der Waals surface area (Å²) in [6.07, 6.45) is -0.364. The van der Waals surface area contributed by atoms with Crippen molar-refractivity contribution < 1.29 is 9.90 Å². The lowest BCUT2D eigenvalue weighted by atomic mass is 10.0. The number of nitrogens with one attached hydrogen (secondary N) is 1. The van der Waals surface area contributed by atoms with Crippen LogP contribution >= 0.6 is 0 Å². The Morgan fingerprint density at radius 1 is 1.32 bits per heavy atom. The molecule has 0 spiro atoms. The Balaban J connectivity index is 1.82. The lowest BCUT2D eigenvalue weighted by molar-refractivity contribution is -0.124. The van der Waals surface area contributed by atoms with Crippen LogP contribution in [0.25, 0.3) is 0 Å². The van der Waals surface area contributed by atoms with Crippen LogP contribution in [-0.2, 0) is 11.3 Å². The van der Waals surface area contributed by atoms with Gasteiger partial charge in [-0.1, -0.05) is 51.1 Å². The maximum atomic E-state index is 12.0. The number of amides is 1.